The van der Waals surface area contributed by atoms with E-state index in [2.05, 4.69) is 10.3 Å². The van der Waals surface area contributed by atoms with Crippen LogP contribution in [-0.2, 0) is 0 Å². The Morgan fingerprint density at radius 1 is 1.33 bits per heavy atom. The molecule has 3 N–H and O–H groups in total. The topological polar surface area (TPSA) is 98.2 Å². The molecule has 7 heteroatoms. The second kappa shape index (κ2) is 5.02. The van der Waals surface area contributed by atoms with Gasteiger partial charge in [0, 0.05) is 24.1 Å². The number of hydrogen-bond donors (Lipinski definition) is 2. The number of rotatable bonds is 3. The molecule has 0 fully saturated rings. The molecule has 0 aliphatic rings. The van der Waals surface area contributed by atoms with E-state index in [9.17, 15) is 9.59 Å². The smallest absolute Gasteiger partial charge is 0.265 e. The Kier molecular flexibility index (Phi) is 3.19. The lowest BCUT2D eigenvalue weighted by molar-refractivity contribution is 0.100. The molecule has 2 amide bonds. The van der Waals surface area contributed by atoms with Gasteiger partial charge < -0.3 is 15.5 Å². The molecule has 0 unspecified atom stereocenters. The van der Waals surface area contributed by atoms with Crippen molar-refractivity contribution in [3.8, 4) is 0 Å². The fourth-order valence-corrected chi connectivity index (χ4v) is 2.69. The van der Waals surface area contributed by atoms with Gasteiger partial charge in [0.15, 0.2) is 11.5 Å². The van der Waals surface area contributed by atoms with Crippen molar-refractivity contribution in [2.75, 3.05) is 5.32 Å². The summed E-state index contributed by atoms with van der Waals surface area (Å²) in [7, 11) is 0. The second-order valence-electron chi connectivity index (χ2n) is 4.43. The monoisotopic (exact) mass is 301 g/mol. The molecule has 3 rings (SSSR count). The van der Waals surface area contributed by atoms with Crippen LogP contribution in [0.3, 0.4) is 0 Å². The van der Waals surface area contributed by atoms with E-state index >= 15 is 0 Å². The molecule has 0 saturated heterocycles. The highest BCUT2D eigenvalue weighted by atomic mass is 32.1. The minimum absolute atomic E-state index is 0.303. The predicted octanol–water partition coefficient (Wildman–Crippen LogP) is 2.55. The Hall–Kier alpha value is -2.67. The van der Waals surface area contributed by atoms with Crippen LogP contribution in [0.15, 0.2) is 34.1 Å². The molecule has 0 aliphatic heterocycles. The standard InChI is InChI=1S/C14H11N3O3S/c1-7-16-10-3-2-9(5-11(10)20-7)17-14(19)12-4-8(6-21-12)13(15)18/h2-6H,1H3,(H2,15,18)(H,17,19). The number of aromatic nitrogens is 1. The maximum atomic E-state index is 12.1. The average Bonchev–Trinajstić information content (AvgIpc) is 3.03. The number of amides is 2. The van der Waals surface area contributed by atoms with Gasteiger partial charge in [0.25, 0.3) is 5.91 Å². The number of carbonyl (C=O) groups excluding carboxylic acids is 2. The maximum Gasteiger partial charge on any atom is 0.265 e. The van der Waals surface area contributed by atoms with Gasteiger partial charge >= 0.3 is 0 Å². The molecule has 0 bridgehead atoms. The number of oxazole rings is 1. The Morgan fingerprint density at radius 3 is 2.86 bits per heavy atom. The number of thiophene rings is 1. The lowest BCUT2D eigenvalue weighted by atomic mass is 10.2. The van der Waals surface area contributed by atoms with E-state index in [1.807, 2.05) is 0 Å². The van der Waals surface area contributed by atoms with Crippen molar-refractivity contribution in [2.24, 2.45) is 5.73 Å². The summed E-state index contributed by atoms with van der Waals surface area (Å²) in [5, 5.41) is 4.30. The van der Waals surface area contributed by atoms with Gasteiger partial charge in [-0.05, 0) is 18.2 Å². The van der Waals surface area contributed by atoms with Crippen LogP contribution < -0.4 is 11.1 Å². The van der Waals surface area contributed by atoms with Crippen LogP contribution in [0.5, 0.6) is 0 Å². The molecule has 0 atom stereocenters. The Labute approximate surface area is 123 Å². The van der Waals surface area contributed by atoms with Crippen molar-refractivity contribution in [1.29, 1.82) is 0 Å². The summed E-state index contributed by atoms with van der Waals surface area (Å²) < 4.78 is 5.41. The number of nitrogens with two attached hydrogens (primary N) is 1. The van der Waals surface area contributed by atoms with Crippen molar-refractivity contribution in [3.63, 3.8) is 0 Å². The highest BCUT2D eigenvalue weighted by Crippen LogP contribution is 2.21. The van der Waals surface area contributed by atoms with Gasteiger partial charge in [0.05, 0.1) is 10.4 Å². The Bertz CT molecular complexity index is 850. The van der Waals surface area contributed by atoms with Crippen molar-refractivity contribution in [3.05, 3.63) is 46.0 Å². The van der Waals surface area contributed by atoms with E-state index in [4.69, 9.17) is 10.2 Å². The Morgan fingerprint density at radius 2 is 2.14 bits per heavy atom. The molecule has 0 spiro atoms. The van der Waals surface area contributed by atoms with Crippen LogP contribution in [-0.4, -0.2) is 16.8 Å². The van der Waals surface area contributed by atoms with E-state index in [0.29, 0.717) is 27.6 Å². The molecule has 2 heterocycles. The SMILES string of the molecule is Cc1nc2ccc(NC(=O)c3cc(C(N)=O)cs3)cc2o1. The highest BCUT2D eigenvalue weighted by molar-refractivity contribution is 7.12. The van der Waals surface area contributed by atoms with Gasteiger partial charge in [-0.1, -0.05) is 0 Å². The first-order chi connectivity index (χ1) is 10.0. The number of benzene rings is 1. The number of primary amides is 1. The van der Waals surface area contributed by atoms with E-state index in [0.717, 1.165) is 16.9 Å². The summed E-state index contributed by atoms with van der Waals surface area (Å²) >= 11 is 1.16. The minimum Gasteiger partial charge on any atom is -0.441 e. The van der Waals surface area contributed by atoms with Crippen LogP contribution >= 0.6 is 11.3 Å². The third-order valence-electron chi connectivity index (χ3n) is 2.86. The zero-order valence-corrected chi connectivity index (χ0v) is 11.9. The molecular formula is C14H11N3O3S. The van der Waals surface area contributed by atoms with Crippen molar-refractivity contribution >= 4 is 39.9 Å². The van der Waals surface area contributed by atoms with Crippen LogP contribution in [0.2, 0.25) is 0 Å². The van der Waals surface area contributed by atoms with Crippen LogP contribution in [0.1, 0.15) is 25.9 Å². The first-order valence-corrected chi connectivity index (χ1v) is 6.98. The van der Waals surface area contributed by atoms with Gasteiger partial charge in [-0.25, -0.2) is 4.98 Å². The quantitative estimate of drug-likeness (QED) is 0.776. The molecular weight excluding hydrogens is 290 g/mol. The lowest BCUT2D eigenvalue weighted by Crippen LogP contribution is -2.11. The molecule has 3 aromatic rings. The number of nitrogens with one attached hydrogen (secondary N) is 1. The summed E-state index contributed by atoms with van der Waals surface area (Å²) in [5.41, 5.74) is 7.42. The fraction of sp³-hybridized carbons (Fsp3) is 0.0714. The molecule has 6 nitrogen and oxygen atoms in total. The van der Waals surface area contributed by atoms with E-state index in [1.54, 1.807) is 30.5 Å². The molecule has 1 aromatic carbocycles. The zero-order chi connectivity index (χ0) is 15.0. The zero-order valence-electron chi connectivity index (χ0n) is 11.0. The predicted molar refractivity (Wildman–Crippen MR) is 79.5 cm³/mol. The number of hydrogen-bond acceptors (Lipinski definition) is 5. The largest absolute Gasteiger partial charge is 0.441 e. The number of carbonyl (C=O) groups is 2. The van der Waals surface area contributed by atoms with Crippen molar-refractivity contribution in [1.82, 2.24) is 4.98 Å². The van der Waals surface area contributed by atoms with E-state index in [-0.39, 0.29) is 5.91 Å². The lowest BCUT2D eigenvalue weighted by Gasteiger charge is -2.02. The van der Waals surface area contributed by atoms with Crippen LogP contribution in [0.25, 0.3) is 11.1 Å². The normalized spacial score (nSPS) is 10.7. The molecule has 2 aromatic heterocycles. The first kappa shape index (κ1) is 13.3. The minimum atomic E-state index is -0.552. The molecule has 0 saturated carbocycles. The maximum absolute atomic E-state index is 12.1. The number of aryl methyl sites for hydroxylation is 1. The molecule has 0 aliphatic carbocycles. The summed E-state index contributed by atoms with van der Waals surface area (Å²) in [5.74, 6) is -0.287. The molecule has 21 heavy (non-hydrogen) atoms. The van der Waals surface area contributed by atoms with Gasteiger partial charge in [-0.3, -0.25) is 9.59 Å². The average molecular weight is 301 g/mol. The first-order valence-electron chi connectivity index (χ1n) is 6.10. The molecule has 106 valence electrons. The van der Waals surface area contributed by atoms with Gasteiger partial charge in [-0.2, -0.15) is 0 Å². The molecule has 0 radical (unpaired) electrons. The van der Waals surface area contributed by atoms with Crippen LogP contribution in [0, 0.1) is 6.92 Å². The van der Waals surface area contributed by atoms with Gasteiger partial charge in [0.2, 0.25) is 5.91 Å². The number of fused-ring (bicyclic) bond motifs is 1. The summed E-state index contributed by atoms with van der Waals surface area (Å²) in [4.78, 5) is 27.7. The fourth-order valence-electron chi connectivity index (χ4n) is 1.89. The summed E-state index contributed by atoms with van der Waals surface area (Å²) in [6.07, 6.45) is 0. The van der Waals surface area contributed by atoms with Gasteiger partial charge in [-0.15, -0.1) is 11.3 Å². The summed E-state index contributed by atoms with van der Waals surface area (Å²) in [6, 6.07) is 6.69. The van der Waals surface area contributed by atoms with Gasteiger partial charge in [0.1, 0.15) is 5.52 Å². The Balaban J connectivity index is 1.83. The van der Waals surface area contributed by atoms with E-state index in [1.165, 1.54) is 6.07 Å². The highest BCUT2D eigenvalue weighted by Gasteiger charge is 2.12. The third-order valence-corrected chi connectivity index (χ3v) is 3.79. The van der Waals surface area contributed by atoms with Crippen molar-refractivity contribution < 1.29 is 14.0 Å². The van der Waals surface area contributed by atoms with E-state index < -0.39 is 5.91 Å². The van der Waals surface area contributed by atoms with Crippen molar-refractivity contribution in [2.45, 2.75) is 6.92 Å². The number of nitrogens with zero attached hydrogens (tertiary/aromatic N) is 1. The third kappa shape index (κ3) is 2.63. The number of anilines is 1. The second-order valence-corrected chi connectivity index (χ2v) is 5.34. The summed E-state index contributed by atoms with van der Waals surface area (Å²) in [6.45, 7) is 1.76. The van der Waals surface area contributed by atoms with Crippen LogP contribution in [0.4, 0.5) is 5.69 Å².